The van der Waals surface area contributed by atoms with E-state index in [4.69, 9.17) is 0 Å². The van der Waals surface area contributed by atoms with Gasteiger partial charge in [-0.05, 0) is 71.9 Å². The Morgan fingerprint density at radius 3 is 2.43 bits per heavy atom. The molecule has 1 aliphatic rings. The van der Waals surface area contributed by atoms with E-state index in [9.17, 15) is 29.1 Å². The smallest absolute Gasteiger partial charge is 0.328 e. The molecule has 46 heavy (non-hydrogen) atoms. The summed E-state index contributed by atoms with van der Waals surface area (Å²) in [7, 11) is 0. The predicted molar refractivity (Wildman–Crippen MR) is 178 cm³/mol. The molecule has 0 saturated carbocycles. The van der Waals surface area contributed by atoms with E-state index in [1.54, 1.807) is 0 Å². The number of amides is 4. The zero-order valence-electron chi connectivity index (χ0n) is 26.4. The lowest BCUT2D eigenvalue weighted by atomic mass is 9.91. The first-order chi connectivity index (χ1) is 22.0. The Morgan fingerprint density at radius 2 is 1.74 bits per heavy atom. The first-order valence-corrected chi connectivity index (χ1v) is 16.5. The maximum Gasteiger partial charge on any atom is 0.328 e. The molecule has 10 nitrogen and oxygen atoms in total. The van der Waals surface area contributed by atoms with E-state index in [0.29, 0.717) is 24.3 Å². The number of fused-ring (bicyclic) bond motifs is 1. The number of hydrogen-bond donors (Lipinski definition) is 5. The molecule has 1 fully saturated rings. The summed E-state index contributed by atoms with van der Waals surface area (Å²) >= 11 is 1.29. The summed E-state index contributed by atoms with van der Waals surface area (Å²) in [4.78, 5) is 65.3. The number of aliphatic carboxylic acids is 1. The number of carboxylic acid groups (broad SMARTS) is 1. The summed E-state index contributed by atoms with van der Waals surface area (Å²) in [6.07, 6.45) is 4.46. The maximum atomic E-state index is 14.0. The Labute approximate surface area is 273 Å². The van der Waals surface area contributed by atoms with E-state index < -0.39 is 35.9 Å². The number of carbonyl (C=O) groups excluding carboxylic acids is 4. The molecule has 4 amide bonds. The fourth-order valence-corrected chi connectivity index (χ4v) is 6.57. The molecule has 11 heteroatoms. The van der Waals surface area contributed by atoms with Crippen LogP contribution >= 0.6 is 11.3 Å². The second kappa shape index (κ2) is 16.2. The van der Waals surface area contributed by atoms with E-state index in [-0.39, 0.29) is 36.5 Å². The van der Waals surface area contributed by atoms with Crippen LogP contribution in [0.3, 0.4) is 0 Å². The number of benzene rings is 2. The molecule has 0 spiro atoms. The second-order valence-electron chi connectivity index (χ2n) is 12.2. The van der Waals surface area contributed by atoms with Gasteiger partial charge in [-0.25, -0.2) is 4.79 Å². The number of thiophene rings is 1. The first-order valence-electron chi connectivity index (χ1n) is 15.6. The Balaban J connectivity index is 1.57. The van der Waals surface area contributed by atoms with Crippen LogP contribution in [0.2, 0.25) is 0 Å². The predicted octanol–water partition coefficient (Wildman–Crippen LogP) is 4.12. The zero-order valence-corrected chi connectivity index (χ0v) is 27.2. The highest BCUT2D eigenvalue weighted by Gasteiger charge is 2.31. The topological polar surface area (TPSA) is 154 Å². The minimum Gasteiger partial charge on any atom is -0.478 e. The lowest BCUT2D eigenvalue weighted by Crippen LogP contribution is -2.56. The fourth-order valence-electron chi connectivity index (χ4n) is 5.74. The van der Waals surface area contributed by atoms with Crippen LogP contribution in [0.25, 0.3) is 10.8 Å². The molecule has 5 N–H and O–H groups in total. The third-order valence-electron chi connectivity index (χ3n) is 8.07. The van der Waals surface area contributed by atoms with Crippen molar-refractivity contribution in [3.05, 3.63) is 82.1 Å². The van der Waals surface area contributed by atoms with Gasteiger partial charge in [-0.2, -0.15) is 0 Å². The third-order valence-corrected chi connectivity index (χ3v) is 9.09. The van der Waals surface area contributed by atoms with E-state index in [1.807, 2.05) is 74.7 Å². The Kier molecular flexibility index (Phi) is 12.1. The molecule has 0 radical (unpaired) electrons. The number of carboxylic acids is 1. The molecular formula is C35H42N4O6S. The van der Waals surface area contributed by atoms with Gasteiger partial charge >= 0.3 is 5.97 Å². The number of rotatable bonds is 14. The minimum atomic E-state index is -1.17. The molecule has 1 aromatic heterocycles. The number of nitrogens with one attached hydrogen (secondary N) is 4. The molecule has 2 aromatic carbocycles. The van der Waals surface area contributed by atoms with Crippen molar-refractivity contribution >= 4 is 51.7 Å². The van der Waals surface area contributed by atoms with Gasteiger partial charge in [0.05, 0.1) is 4.88 Å². The van der Waals surface area contributed by atoms with Crippen molar-refractivity contribution < 1.29 is 29.1 Å². The molecule has 3 aromatic rings. The van der Waals surface area contributed by atoms with Crippen molar-refractivity contribution in [3.8, 4) is 0 Å². The zero-order chi connectivity index (χ0) is 33.2. The molecule has 0 bridgehead atoms. The lowest BCUT2D eigenvalue weighted by Gasteiger charge is -2.28. The Bertz CT molecular complexity index is 1590. The maximum absolute atomic E-state index is 14.0. The largest absolute Gasteiger partial charge is 0.478 e. The highest BCUT2D eigenvalue weighted by molar-refractivity contribution is 7.12. The van der Waals surface area contributed by atoms with Crippen molar-refractivity contribution in [1.82, 2.24) is 21.3 Å². The van der Waals surface area contributed by atoms with Gasteiger partial charge in [0.15, 0.2) is 0 Å². The fraction of sp³-hybridized carbons (Fsp3) is 0.400. The summed E-state index contributed by atoms with van der Waals surface area (Å²) in [5, 5.41) is 24.5. The summed E-state index contributed by atoms with van der Waals surface area (Å²) in [6.45, 7) is 6.27. The first kappa shape index (κ1) is 34.4. The molecule has 2 heterocycles. The number of carbonyl (C=O) groups is 5. The summed E-state index contributed by atoms with van der Waals surface area (Å²) in [6, 6.07) is 12.8. The van der Waals surface area contributed by atoms with Crippen molar-refractivity contribution in [2.24, 2.45) is 11.8 Å². The molecule has 4 unspecified atom stereocenters. The average molecular weight is 647 g/mol. The van der Waals surface area contributed by atoms with Crippen LogP contribution < -0.4 is 21.3 Å². The van der Waals surface area contributed by atoms with Crippen LogP contribution in [0, 0.1) is 18.8 Å². The molecule has 1 aliphatic heterocycles. The third kappa shape index (κ3) is 9.50. The van der Waals surface area contributed by atoms with E-state index in [0.717, 1.165) is 34.4 Å². The van der Waals surface area contributed by atoms with E-state index >= 15 is 0 Å². The van der Waals surface area contributed by atoms with Gasteiger partial charge in [-0.1, -0.05) is 62.4 Å². The summed E-state index contributed by atoms with van der Waals surface area (Å²) in [5.74, 6) is -3.04. The van der Waals surface area contributed by atoms with Gasteiger partial charge < -0.3 is 26.4 Å². The van der Waals surface area contributed by atoms with Crippen LogP contribution in [-0.2, 0) is 25.6 Å². The van der Waals surface area contributed by atoms with E-state index in [2.05, 4.69) is 21.3 Å². The lowest BCUT2D eigenvalue weighted by molar-refractivity contribution is -0.131. The van der Waals surface area contributed by atoms with Crippen molar-refractivity contribution in [2.45, 2.75) is 71.0 Å². The number of piperidine rings is 1. The minimum absolute atomic E-state index is 0.0214. The van der Waals surface area contributed by atoms with Crippen molar-refractivity contribution in [1.29, 1.82) is 0 Å². The molecule has 0 aliphatic carbocycles. The van der Waals surface area contributed by atoms with Gasteiger partial charge in [0, 0.05) is 31.0 Å². The molecule has 244 valence electrons. The molecule has 1 saturated heterocycles. The average Bonchev–Trinajstić information content (AvgIpc) is 3.46. The Hall–Kier alpha value is -4.51. The monoisotopic (exact) mass is 646 g/mol. The molecule has 4 rings (SSSR count). The quantitative estimate of drug-likeness (QED) is 0.166. The molecular weight excluding hydrogens is 604 g/mol. The van der Waals surface area contributed by atoms with Gasteiger partial charge in [0.1, 0.15) is 12.1 Å². The summed E-state index contributed by atoms with van der Waals surface area (Å²) < 4.78 is 0. The van der Waals surface area contributed by atoms with Crippen LogP contribution in [0.4, 0.5) is 0 Å². The number of hydrogen-bond acceptors (Lipinski definition) is 6. The standard InChI is InChI=1S/C35H42N4O6S/c1-21(2)18-28(33(43)37-26(13-14-30(40)41)19-25-11-7-16-36-32(25)42)38-34(44)29(39-35(45)31-22(3)15-17-46-31)20-24-10-6-9-23-8-4-5-12-27(23)24/h4-6,8-10,12-15,17,21,25-26,28-29H,7,11,16,18-20H2,1-3H3,(H,36,42)(H,37,43)(H,38,44)(H,39,45)(H,40,41)/b14-13+. The van der Waals surface area contributed by atoms with Gasteiger partial charge in [0.2, 0.25) is 17.7 Å². The van der Waals surface area contributed by atoms with Crippen molar-refractivity contribution in [2.75, 3.05) is 6.54 Å². The molecule has 4 atom stereocenters. The van der Waals surface area contributed by atoms with Crippen LogP contribution in [0.15, 0.2) is 66.1 Å². The summed E-state index contributed by atoms with van der Waals surface area (Å²) in [5.41, 5.74) is 1.67. The highest BCUT2D eigenvalue weighted by atomic mass is 32.1. The van der Waals surface area contributed by atoms with Gasteiger partial charge in [0.25, 0.3) is 5.91 Å². The van der Waals surface area contributed by atoms with Crippen molar-refractivity contribution in [3.63, 3.8) is 0 Å². The van der Waals surface area contributed by atoms with Crippen LogP contribution in [0.5, 0.6) is 0 Å². The van der Waals surface area contributed by atoms with Gasteiger partial charge in [-0.15, -0.1) is 11.3 Å². The second-order valence-corrected chi connectivity index (χ2v) is 13.1. The number of aryl methyl sites for hydroxylation is 1. The van der Waals surface area contributed by atoms with Crippen LogP contribution in [-0.4, -0.2) is 59.4 Å². The van der Waals surface area contributed by atoms with Crippen LogP contribution in [0.1, 0.15) is 60.3 Å². The van der Waals surface area contributed by atoms with E-state index in [1.165, 1.54) is 17.4 Å². The Morgan fingerprint density at radius 1 is 1.00 bits per heavy atom. The normalized spacial score (nSPS) is 16.9. The SMILES string of the molecule is Cc1ccsc1C(=O)NC(Cc1cccc2ccccc12)C(=O)NC(CC(C)C)C(=O)NC(/C=C/C(=O)O)CC1CCCNC1=O. The highest BCUT2D eigenvalue weighted by Crippen LogP contribution is 2.22. The van der Waals surface area contributed by atoms with Gasteiger partial charge in [-0.3, -0.25) is 19.2 Å².